The minimum absolute atomic E-state index is 0.169. The van der Waals surface area contributed by atoms with Crippen molar-refractivity contribution in [1.82, 2.24) is 10.2 Å². The summed E-state index contributed by atoms with van der Waals surface area (Å²) in [6, 6.07) is 13.5. The number of hydrogen-bond acceptors (Lipinski definition) is 5. The normalized spacial score (nSPS) is 21.7. The molecule has 2 aliphatic heterocycles. The third-order valence-electron chi connectivity index (χ3n) is 6.02. The van der Waals surface area contributed by atoms with Crippen molar-refractivity contribution in [3.8, 4) is 11.5 Å². The minimum Gasteiger partial charge on any atom is -0.491 e. The second-order valence-corrected chi connectivity index (χ2v) is 8.32. The highest BCUT2D eigenvalue weighted by Gasteiger charge is 2.44. The fourth-order valence-corrected chi connectivity index (χ4v) is 4.23. The van der Waals surface area contributed by atoms with E-state index in [0.717, 1.165) is 30.6 Å². The molecule has 1 N–H and O–H groups in total. The number of hydrogen-bond donors (Lipinski definition) is 1. The molecular weight excluding hydrogens is 427 g/mol. The number of ether oxygens (including phenoxy) is 3. The molecule has 8 heteroatoms. The van der Waals surface area contributed by atoms with Gasteiger partial charge in [-0.25, -0.2) is 4.39 Å². The number of morpholine rings is 1. The van der Waals surface area contributed by atoms with Gasteiger partial charge in [-0.1, -0.05) is 18.2 Å². The minimum atomic E-state index is -1.09. The van der Waals surface area contributed by atoms with E-state index >= 15 is 0 Å². The van der Waals surface area contributed by atoms with Crippen molar-refractivity contribution >= 4 is 11.8 Å². The number of fused-ring (bicyclic) bond motifs is 1. The Bertz CT molecular complexity index is 968. The molecule has 2 amide bonds. The molecule has 0 aromatic heterocycles. The lowest BCUT2D eigenvalue weighted by molar-refractivity contribution is -0.168. The van der Waals surface area contributed by atoms with Crippen LogP contribution in [-0.4, -0.2) is 61.8 Å². The summed E-state index contributed by atoms with van der Waals surface area (Å²) in [4.78, 5) is 27.6. The molecule has 1 unspecified atom stereocenters. The summed E-state index contributed by atoms with van der Waals surface area (Å²) >= 11 is 0. The van der Waals surface area contributed by atoms with E-state index in [1.807, 2.05) is 18.2 Å². The number of benzene rings is 2. The fourth-order valence-electron chi connectivity index (χ4n) is 4.23. The Morgan fingerprint density at radius 1 is 1.12 bits per heavy atom. The van der Waals surface area contributed by atoms with Crippen molar-refractivity contribution in [1.29, 1.82) is 0 Å². The smallest absolute Gasteiger partial charge is 0.260 e. The maximum Gasteiger partial charge on any atom is 0.260 e. The van der Waals surface area contributed by atoms with Crippen molar-refractivity contribution in [2.45, 2.75) is 31.3 Å². The SMILES string of the molecule is O=C(COc1ccc(F)cc1)N1CCOC2(CCCCc3ccccc3OCCNC2=O)C1. The highest BCUT2D eigenvalue weighted by Crippen LogP contribution is 2.28. The van der Waals surface area contributed by atoms with Gasteiger partial charge in [-0.2, -0.15) is 0 Å². The van der Waals surface area contributed by atoms with Gasteiger partial charge in [0.05, 0.1) is 19.7 Å². The predicted octanol–water partition coefficient (Wildman–Crippen LogP) is 2.72. The summed E-state index contributed by atoms with van der Waals surface area (Å²) in [7, 11) is 0. The van der Waals surface area contributed by atoms with E-state index in [1.54, 1.807) is 4.90 Å². The number of amides is 2. The molecule has 0 aliphatic carbocycles. The molecule has 1 saturated heterocycles. The average Bonchev–Trinajstić information content (AvgIpc) is 2.84. The van der Waals surface area contributed by atoms with Crippen molar-refractivity contribution in [3.05, 3.63) is 59.9 Å². The van der Waals surface area contributed by atoms with E-state index in [4.69, 9.17) is 14.2 Å². The van der Waals surface area contributed by atoms with Crippen LogP contribution in [0.1, 0.15) is 24.8 Å². The Morgan fingerprint density at radius 2 is 1.94 bits per heavy atom. The lowest BCUT2D eigenvalue weighted by atomic mass is 9.91. The molecule has 1 spiro atoms. The zero-order chi connectivity index (χ0) is 23.1. The standard InChI is InChI=1S/C25H29FN2O5/c26-20-8-10-21(11-9-20)32-17-23(29)28-14-16-33-25(18-28)12-4-3-6-19-5-1-2-7-22(19)31-15-13-27-24(25)30/h1-2,5,7-11H,3-4,6,12-18H2,(H,27,30). The summed E-state index contributed by atoms with van der Waals surface area (Å²) in [5, 5.41) is 2.92. The van der Waals surface area contributed by atoms with E-state index < -0.39 is 5.60 Å². The summed E-state index contributed by atoms with van der Waals surface area (Å²) in [5.41, 5.74) is 0.0560. The fraction of sp³-hybridized carbons (Fsp3) is 0.440. The number of para-hydroxylation sites is 1. The van der Waals surface area contributed by atoms with Crippen LogP contribution < -0.4 is 14.8 Å². The molecule has 2 heterocycles. The summed E-state index contributed by atoms with van der Waals surface area (Å²) in [6.07, 6.45) is 3.02. The Kier molecular flexibility index (Phi) is 7.44. The van der Waals surface area contributed by atoms with Gasteiger partial charge in [0.2, 0.25) is 0 Å². The summed E-state index contributed by atoms with van der Waals surface area (Å²) in [6.45, 7) is 1.34. The second-order valence-electron chi connectivity index (χ2n) is 8.32. The molecule has 0 radical (unpaired) electrons. The number of carbonyl (C=O) groups is 2. The number of nitrogens with one attached hydrogen (secondary N) is 1. The number of halogens is 1. The lowest BCUT2D eigenvalue weighted by Gasteiger charge is -2.41. The first-order chi connectivity index (χ1) is 16.1. The van der Waals surface area contributed by atoms with E-state index in [2.05, 4.69) is 11.4 Å². The molecule has 2 aromatic rings. The van der Waals surface area contributed by atoms with Crippen LogP contribution in [0.2, 0.25) is 0 Å². The van der Waals surface area contributed by atoms with Crippen LogP contribution in [0, 0.1) is 5.82 Å². The van der Waals surface area contributed by atoms with Gasteiger partial charge in [-0.15, -0.1) is 0 Å². The van der Waals surface area contributed by atoms with Gasteiger partial charge in [-0.3, -0.25) is 9.59 Å². The molecule has 0 bridgehead atoms. The van der Waals surface area contributed by atoms with Gasteiger partial charge in [0.1, 0.15) is 23.9 Å². The predicted molar refractivity (Wildman–Crippen MR) is 120 cm³/mol. The van der Waals surface area contributed by atoms with Gasteiger partial charge < -0.3 is 24.4 Å². The number of carbonyl (C=O) groups excluding carboxylic acids is 2. The van der Waals surface area contributed by atoms with Crippen LogP contribution in [0.15, 0.2) is 48.5 Å². The molecule has 2 aliphatic rings. The van der Waals surface area contributed by atoms with Gasteiger partial charge in [0, 0.05) is 6.54 Å². The second kappa shape index (κ2) is 10.7. The third kappa shape index (κ3) is 5.82. The van der Waals surface area contributed by atoms with Crippen LogP contribution in [0.4, 0.5) is 4.39 Å². The number of aryl methyl sites for hydroxylation is 1. The quantitative estimate of drug-likeness (QED) is 0.769. The van der Waals surface area contributed by atoms with Crippen LogP contribution >= 0.6 is 0 Å². The van der Waals surface area contributed by atoms with Crippen LogP contribution in [0.3, 0.4) is 0 Å². The highest BCUT2D eigenvalue weighted by molar-refractivity contribution is 5.87. The molecule has 4 rings (SSSR count). The maximum absolute atomic E-state index is 13.1. The molecule has 33 heavy (non-hydrogen) atoms. The molecule has 1 fully saturated rings. The Balaban J connectivity index is 1.40. The van der Waals surface area contributed by atoms with Crippen LogP contribution in [0.5, 0.6) is 11.5 Å². The largest absolute Gasteiger partial charge is 0.491 e. The topological polar surface area (TPSA) is 77.1 Å². The van der Waals surface area contributed by atoms with Gasteiger partial charge in [0.15, 0.2) is 12.2 Å². The molecule has 0 saturated carbocycles. The van der Waals surface area contributed by atoms with Gasteiger partial charge >= 0.3 is 0 Å². The Morgan fingerprint density at radius 3 is 2.79 bits per heavy atom. The number of nitrogens with zero attached hydrogens (tertiary/aromatic N) is 1. The first-order valence-electron chi connectivity index (χ1n) is 11.3. The van der Waals surface area contributed by atoms with E-state index in [0.29, 0.717) is 31.9 Å². The highest BCUT2D eigenvalue weighted by atomic mass is 19.1. The van der Waals surface area contributed by atoms with Gasteiger partial charge in [-0.05, 0) is 61.6 Å². The lowest BCUT2D eigenvalue weighted by Crippen LogP contribution is -2.61. The molecule has 1 atom stereocenters. The van der Waals surface area contributed by atoms with E-state index in [-0.39, 0.29) is 37.4 Å². The summed E-state index contributed by atoms with van der Waals surface area (Å²) < 4.78 is 30.5. The first kappa shape index (κ1) is 23.0. The average molecular weight is 457 g/mol. The van der Waals surface area contributed by atoms with Crippen molar-refractivity contribution in [2.24, 2.45) is 0 Å². The zero-order valence-electron chi connectivity index (χ0n) is 18.6. The third-order valence-corrected chi connectivity index (χ3v) is 6.02. The van der Waals surface area contributed by atoms with Crippen LogP contribution in [0.25, 0.3) is 0 Å². The monoisotopic (exact) mass is 456 g/mol. The van der Waals surface area contributed by atoms with Gasteiger partial charge in [0.25, 0.3) is 11.8 Å². The van der Waals surface area contributed by atoms with Crippen molar-refractivity contribution in [3.63, 3.8) is 0 Å². The van der Waals surface area contributed by atoms with Crippen LogP contribution in [-0.2, 0) is 20.7 Å². The summed E-state index contributed by atoms with van der Waals surface area (Å²) in [5.74, 6) is 0.437. The Labute approximate surface area is 192 Å². The van der Waals surface area contributed by atoms with Crippen molar-refractivity contribution < 1.29 is 28.2 Å². The Hall–Kier alpha value is -3.13. The van der Waals surface area contributed by atoms with E-state index in [9.17, 15) is 14.0 Å². The first-order valence-corrected chi connectivity index (χ1v) is 11.3. The van der Waals surface area contributed by atoms with E-state index in [1.165, 1.54) is 24.3 Å². The van der Waals surface area contributed by atoms with Crippen molar-refractivity contribution in [2.75, 3.05) is 39.5 Å². The number of rotatable bonds is 3. The molecule has 176 valence electrons. The maximum atomic E-state index is 13.1. The molecule has 2 aromatic carbocycles. The zero-order valence-corrected chi connectivity index (χ0v) is 18.6. The molecular formula is C25H29FN2O5. The molecule has 7 nitrogen and oxygen atoms in total.